The zero-order valence-corrected chi connectivity index (χ0v) is 15.1. The van der Waals surface area contributed by atoms with Crippen LogP contribution >= 0.6 is 0 Å². The zero-order chi connectivity index (χ0) is 19.6. The molecule has 3 rings (SSSR count). The van der Waals surface area contributed by atoms with E-state index in [4.69, 9.17) is 9.47 Å². The smallest absolute Gasteiger partial charge is 0.340 e. The van der Waals surface area contributed by atoms with Crippen LogP contribution in [0.2, 0.25) is 0 Å². The van der Waals surface area contributed by atoms with Crippen molar-refractivity contribution in [3.05, 3.63) is 77.5 Å². The Kier molecular flexibility index (Phi) is 5.26. The van der Waals surface area contributed by atoms with Gasteiger partial charge in [0.05, 0.1) is 25.0 Å². The number of halogens is 2. The Balaban J connectivity index is 2.05. The molecule has 140 valence electrons. The average Bonchev–Trinajstić information content (AvgIpc) is 2.64. The summed E-state index contributed by atoms with van der Waals surface area (Å²) in [6, 6.07) is 9.28. The molecule has 1 aliphatic rings. The van der Waals surface area contributed by atoms with Gasteiger partial charge in [-0.3, -0.25) is 0 Å². The third kappa shape index (κ3) is 3.69. The molecule has 0 aromatic heterocycles. The number of hydrogen-bond donors (Lipinski definition) is 0. The predicted octanol–water partition coefficient (Wildman–Crippen LogP) is 4.45. The van der Waals surface area contributed by atoms with Crippen LogP contribution in [0, 0.1) is 11.6 Å². The molecule has 4 nitrogen and oxygen atoms in total. The number of benzene rings is 2. The van der Waals surface area contributed by atoms with E-state index in [1.54, 1.807) is 31.1 Å². The summed E-state index contributed by atoms with van der Waals surface area (Å²) in [7, 11) is 1.57. The lowest BCUT2D eigenvalue weighted by Gasteiger charge is -2.30. The van der Waals surface area contributed by atoms with Crippen LogP contribution in [0.15, 0.2) is 54.8 Å². The predicted molar refractivity (Wildman–Crippen MR) is 99.3 cm³/mol. The summed E-state index contributed by atoms with van der Waals surface area (Å²) in [6.45, 7) is 5.99. The fourth-order valence-corrected chi connectivity index (χ4v) is 2.97. The number of fused-ring (bicyclic) bond motifs is 1. The molecule has 2 aromatic rings. The first-order chi connectivity index (χ1) is 12.9. The molecule has 0 aliphatic carbocycles. The second kappa shape index (κ2) is 7.61. The van der Waals surface area contributed by atoms with Gasteiger partial charge in [0.25, 0.3) is 0 Å². The monoisotopic (exact) mass is 371 g/mol. The van der Waals surface area contributed by atoms with E-state index in [0.29, 0.717) is 18.0 Å². The number of carbonyl (C=O) groups is 1. The molecule has 0 radical (unpaired) electrons. The highest BCUT2D eigenvalue weighted by atomic mass is 19.1. The summed E-state index contributed by atoms with van der Waals surface area (Å²) in [5.74, 6) is -1.38. The van der Waals surface area contributed by atoms with Gasteiger partial charge in [-0.25, -0.2) is 13.6 Å². The third-order valence-electron chi connectivity index (χ3n) is 4.26. The molecule has 0 unspecified atom stereocenters. The van der Waals surface area contributed by atoms with E-state index in [9.17, 15) is 13.6 Å². The Hall–Kier alpha value is -3.15. The Morgan fingerprint density at radius 1 is 1.19 bits per heavy atom. The molecule has 27 heavy (non-hydrogen) atoms. The summed E-state index contributed by atoms with van der Waals surface area (Å²) < 4.78 is 38.5. The lowest BCUT2D eigenvalue weighted by molar-refractivity contribution is -0.138. The Bertz CT molecular complexity index is 920. The summed E-state index contributed by atoms with van der Waals surface area (Å²) in [6.07, 6.45) is 1.52. The molecule has 1 aliphatic heterocycles. The van der Waals surface area contributed by atoms with E-state index in [1.165, 1.54) is 12.3 Å². The minimum Gasteiger partial charge on any atom is -0.497 e. The minimum absolute atomic E-state index is 0.0930. The van der Waals surface area contributed by atoms with Crippen LogP contribution in [0.25, 0.3) is 5.57 Å². The van der Waals surface area contributed by atoms with Crippen LogP contribution in [0.3, 0.4) is 0 Å². The molecule has 0 spiro atoms. The van der Waals surface area contributed by atoms with Crippen molar-refractivity contribution < 1.29 is 23.0 Å². The molecule has 0 saturated heterocycles. The lowest BCUT2D eigenvalue weighted by atomic mass is 9.93. The molecule has 0 N–H and O–H groups in total. The fourth-order valence-electron chi connectivity index (χ4n) is 2.97. The molecule has 1 heterocycles. The molecule has 0 amide bonds. The largest absolute Gasteiger partial charge is 0.497 e. The maximum atomic E-state index is 14.5. The fraction of sp³-hybridized carbons (Fsp3) is 0.190. The number of carbonyl (C=O) groups excluding carboxylic acids is 1. The second-order valence-corrected chi connectivity index (χ2v) is 6.00. The maximum absolute atomic E-state index is 14.5. The number of methoxy groups -OCH3 is 1. The first-order valence-electron chi connectivity index (χ1n) is 8.41. The number of esters is 1. The minimum atomic E-state index is -0.773. The van der Waals surface area contributed by atoms with Crippen molar-refractivity contribution in [2.24, 2.45) is 0 Å². The summed E-state index contributed by atoms with van der Waals surface area (Å²) in [5.41, 5.74) is 1.59. The van der Waals surface area contributed by atoms with Crippen molar-refractivity contribution in [2.45, 2.75) is 13.5 Å². The van der Waals surface area contributed by atoms with E-state index >= 15 is 0 Å². The topological polar surface area (TPSA) is 38.8 Å². The van der Waals surface area contributed by atoms with E-state index < -0.39 is 17.6 Å². The van der Waals surface area contributed by atoms with Gasteiger partial charge in [0, 0.05) is 24.4 Å². The zero-order valence-electron chi connectivity index (χ0n) is 15.1. The van der Waals surface area contributed by atoms with Gasteiger partial charge in [-0.05, 0) is 36.3 Å². The van der Waals surface area contributed by atoms with Crippen molar-refractivity contribution in [1.82, 2.24) is 0 Å². The molecule has 6 heteroatoms. The van der Waals surface area contributed by atoms with Crippen LogP contribution in [0.5, 0.6) is 5.75 Å². The Morgan fingerprint density at radius 3 is 2.52 bits per heavy atom. The van der Waals surface area contributed by atoms with E-state index in [-0.39, 0.29) is 23.3 Å². The van der Waals surface area contributed by atoms with Gasteiger partial charge in [-0.2, -0.15) is 0 Å². The number of rotatable bonds is 5. The van der Waals surface area contributed by atoms with Gasteiger partial charge in [0.2, 0.25) is 0 Å². The molecule has 0 atom stereocenters. The van der Waals surface area contributed by atoms with Crippen LogP contribution in [0.1, 0.15) is 18.1 Å². The van der Waals surface area contributed by atoms with Gasteiger partial charge in [-0.1, -0.05) is 18.7 Å². The van der Waals surface area contributed by atoms with Gasteiger partial charge < -0.3 is 14.4 Å². The summed E-state index contributed by atoms with van der Waals surface area (Å²) in [4.78, 5) is 13.9. The van der Waals surface area contributed by atoms with Gasteiger partial charge >= 0.3 is 5.97 Å². The summed E-state index contributed by atoms with van der Waals surface area (Å²) in [5, 5.41) is 0. The highest BCUT2D eigenvalue weighted by molar-refractivity contribution is 6.09. The van der Waals surface area contributed by atoms with Gasteiger partial charge in [-0.15, -0.1) is 0 Å². The molecule has 0 saturated carbocycles. The van der Waals surface area contributed by atoms with Crippen LogP contribution in [-0.4, -0.2) is 19.7 Å². The molecule has 0 fully saturated rings. The molecular formula is C21H19F2NO3. The molecule has 2 aromatic carbocycles. The summed E-state index contributed by atoms with van der Waals surface area (Å²) >= 11 is 0. The van der Waals surface area contributed by atoms with Crippen molar-refractivity contribution in [3.63, 3.8) is 0 Å². The van der Waals surface area contributed by atoms with Crippen molar-refractivity contribution >= 4 is 17.2 Å². The maximum Gasteiger partial charge on any atom is 0.340 e. The number of hydrogen-bond acceptors (Lipinski definition) is 4. The van der Waals surface area contributed by atoms with E-state index in [0.717, 1.165) is 11.6 Å². The first kappa shape index (κ1) is 18.6. The number of anilines is 1. The number of ether oxygens (including phenoxy) is 2. The third-order valence-corrected chi connectivity index (χ3v) is 4.26. The SMILES string of the molecule is C=C1C(C(=O)OCC)=CN(Cc2ccc(OC)cc2)c2cc(F)cc(F)c21. The normalized spacial score (nSPS) is 13.1. The van der Waals surface area contributed by atoms with Crippen molar-refractivity contribution in [2.75, 3.05) is 18.6 Å². The van der Waals surface area contributed by atoms with Crippen molar-refractivity contribution in [1.29, 1.82) is 0 Å². The van der Waals surface area contributed by atoms with E-state index in [2.05, 4.69) is 6.58 Å². The van der Waals surface area contributed by atoms with E-state index in [1.807, 2.05) is 12.1 Å². The van der Waals surface area contributed by atoms with Crippen LogP contribution in [0.4, 0.5) is 14.5 Å². The van der Waals surface area contributed by atoms with Gasteiger partial charge in [0.15, 0.2) is 0 Å². The van der Waals surface area contributed by atoms with Crippen molar-refractivity contribution in [3.8, 4) is 5.75 Å². The first-order valence-corrected chi connectivity index (χ1v) is 8.41. The standard InChI is InChI=1S/C21H19F2NO3/c1-4-27-21(25)17-12-24(11-14-5-7-16(26-3)8-6-14)19-10-15(22)9-18(23)20(19)13(17)2/h5-10,12H,2,4,11H2,1,3H3. The van der Waals surface area contributed by atoms with Crippen LogP contribution < -0.4 is 9.64 Å². The number of nitrogens with zero attached hydrogens (tertiary/aromatic N) is 1. The molecular weight excluding hydrogens is 352 g/mol. The Morgan fingerprint density at radius 2 is 1.89 bits per heavy atom. The lowest BCUT2D eigenvalue weighted by Crippen LogP contribution is -2.25. The second-order valence-electron chi connectivity index (χ2n) is 6.00. The van der Waals surface area contributed by atoms with Gasteiger partial charge in [0.1, 0.15) is 17.4 Å². The molecule has 0 bridgehead atoms. The van der Waals surface area contributed by atoms with Crippen LogP contribution in [-0.2, 0) is 16.1 Å². The highest BCUT2D eigenvalue weighted by Crippen LogP contribution is 2.39. The highest BCUT2D eigenvalue weighted by Gasteiger charge is 2.29. The Labute approximate surface area is 156 Å². The average molecular weight is 371 g/mol. The quantitative estimate of drug-likeness (QED) is 0.728.